The molecule has 0 aromatic carbocycles. The fourth-order valence-electron chi connectivity index (χ4n) is 2.48. The Hall–Kier alpha value is -1.40. The van der Waals surface area contributed by atoms with E-state index in [1.54, 1.807) is 6.33 Å². The number of hydrogen-bond donors (Lipinski definition) is 2. The number of nitrogens with zero attached hydrogens (tertiary/aromatic N) is 4. The zero-order valence-electron chi connectivity index (χ0n) is 12.6. The highest BCUT2D eigenvalue weighted by Crippen LogP contribution is 2.17. The van der Waals surface area contributed by atoms with Crippen LogP contribution in [0.3, 0.4) is 0 Å². The summed E-state index contributed by atoms with van der Waals surface area (Å²) in [6.45, 7) is 11.1. The summed E-state index contributed by atoms with van der Waals surface area (Å²) >= 11 is 0. The quantitative estimate of drug-likeness (QED) is 0.831. The van der Waals surface area contributed by atoms with Crippen molar-refractivity contribution in [3.8, 4) is 0 Å². The number of piperazine rings is 1. The number of anilines is 2. The largest absolute Gasteiger partial charge is 0.389 e. The topological polar surface area (TPSA) is 64.5 Å². The Bertz CT molecular complexity index is 424. The Morgan fingerprint density at radius 1 is 1.25 bits per heavy atom. The van der Waals surface area contributed by atoms with Crippen LogP contribution in [0.5, 0.6) is 0 Å². The molecule has 0 atom stereocenters. The molecule has 1 aromatic heterocycles. The summed E-state index contributed by atoms with van der Waals surface area (Å²) < 4.78 is 0. The van der Waals surface area contributed by atoms with Crippen LogP contribution < -0.4 is 10.2 Å². The van der Waals surface area contributed by atoms with Crippen LogP contribution in [0.4, 0.5) is 11.6 Å². The molecule has 1 aliphatic rings. The van der Waals surface area contributed by atoms with Gasteiger partial charge in [-0.25, -0.2) is 9.97 Å². The van der Waals surface area contributed by atoms with Crippen LogP contribution >= 0.6 is 0 Å². The van der Waals surface area contributed by atoms with Crippen LogP contribution in [-0.4, -0.2) is 64.8 Å². The van der Waals surface area contributed by atoms with E-state index in [0.29, 0.717) is 6.54 Å². The summed E-state index contributed by atoms with van der Waals surface area (Å²) in [6.07, 6.45) is 1.61. The molecule has 0 radical (unpaired) electrons. The van der Waals surface area contributed by atoms with Gasteiger partial charge < -0.3 is 15.3 Å². The molecule has 0 aliphatic carbocycles. The van der Waals surface area contributed by atoms with Gasteiger partial charge in [-0.2, -0.15) is 0 Å². The molecule has 1 fully saturated rings. The molecule has 2 N–H and O–H groups in total. The van der Waals surface area contributed by atoms with Crippen LogP contribution in [0.1, 0.15) is 20.8 Å². The normalized spacial score (nSPS) is 17.3. The molecule has 6 nitrogen and oxygen atoms in total. The highest BCUT2D eigenvalue weighted by Gasteiger charge is 2.23. The lowest BCUT2D eigenvalue weighted by Crippen LogP contribution is -2.50. The molecule has 2 rings (SSSR count). The first kappa shape index (κ1) is 15.0. The van der Waals surface area contributed by atoms with E-state index in [1.807, 2.05) is 19.9 Å². The van der Waals surface area contributed by atoms with Gasteiger partial charge in [0.25, 0.3) is 0 Å². The molecule has 0 bridgehead atoms. The van der Waals surface area contributed by atoms with Crippen molar-refractivity contribution in [3.05, 3.63) is 12.4 Å². The number of β-amino-alcohol motifs (C(OH)–C–C–N with tert-alkyl or cyclic N) is 1. The number of hydrogen-bond acceptors (Lipinski definition) is 6. The van der Waals surface area contributed by atoms with E-state index in [0.717, 1.165) is 44.4 Å². The maximum Gasteiger partial charge on any atom is 0.134 e. The smallest absolute Gasteiger partial charge is 0.134 e. The first-order valence-electron chi connectivity index (χ1n) is 7.23. The lowest BCUT2D eigenvalue weighted by Gasteiger charge is -2.37. The minimum Gasteiger partial charge on any atom is -0.389 e. The fraction of sp³-hybridized carbons (Fsp3) is 0.714. The number of aliphatic hydroxyl groups is 1. The van der Waals surface area contributed by atoms with Crippen LogP contribution in [0.2, 0.25) is 0 Å². The third-order valence-electron chi connectivity index (χ3n) is 3.32. The highest BCUT2D eigenvalue weighted by molar-refractivity contribution is 5.48. The average Bonchev–Trinajstić information content (AvgIpc) is 2.38. The Labute approximate surface area is 120 Å². The van der Waals surface area contributed by atoms with Crippen molar-refractivity contribution in [3.63, 3.8) is 0 Å². The van der Waals surface area contributed by atoms with E-state index in [4.69, 9.17) is 0 Å². The van der Waals surface area contributed by atoms with Gasteiger partial charge in [-0.1, -0.05) is 0 Å². The molecular formula is C14H25N5O. The van der Waals surface area contributed by atoms with Gasteiger partial charge >= 0.3 is 0 Å². The van der Waals surface area contributed by atoms with Gasteiger partial charge in [-0.15, -0.1) is 0 Å². The second kappa shape index (κ2) is 6.37. The first-order chi connectivity index (χ1) is 9.48. The molecule has 20 heavy (non-hydrogen) atoms. The van der Waals surface area contributed by atoms with Crippen LogP contribution in [0.15, 0.2) is 12.4 Å². The second-order valence-electron chi connectivity index (χ2n) is 5.87. The molecule has 0 saturated carbocycles. The third kappa shape index (κ3) is 4.31. The molecule has 0 amide bonds. The minimum absolute atomic E-state index is 0.630. The van der Waals surface area contributed by atoms with Crippen molar-refractivity contribution in [1.29, 1.82) is 0 Å². The van der Waals surface area contributed by atoms with Crippen molar-refractivity contribution in [2.24, 2.45) is 0 Å². The van der Waals surface area contributed by atoms with Gasteiger partial charge in [0.1, 0.15) is 18.0 Å². The lowest BCUT2D eigenvalue weighted by atomic mass is 10.1. The number of aromatic nitrogens is 2. The summed E-state index contributed by atoms with van der Waals surface area (Å²) in [4.78, 5) is 13.1. The van der Waals surface area contributed by atoms with Crippen molar-refractivity contribution in [2.45, 2.75) is 26.4 Å². The fourth-order valence-corrected chi connectivity index (χ4v) is 2.48. The molecule has 1 aromatic rings. The molecule has 0 spiro atoms. The summed E-state index contributed by atoms with van der Waals surface area (Å²) in [7, 11) is 0. The zero-order valence-corrected chi connectivity index (χ0v) is 12.6. The van der Waals surface area contributed by atoms with Gasteiger partial charge in [0.05, 0.1) is 5.60 Å². The highest BCUT2D eigenvalue weighted by atomic mass is 16.3. The van der Waals surface area contributed by atoms with Crippen molar-refractivity contribution in [1.82, 2.24) is 14.9 Å². The molecular weight excluding hydrogens is 254 g/mol. The lowest BCUT2D eigenvalue weighted by molar-refractivity contribution is 0.0344. The average molecular weight is 279 g/mol. The van der Waals surface area contributed by atoms with Gasteiger partial charge in [0.15, 0.2) is 0 Å². The molecule has 112 valence electrons. The predicted molar refractivity (Wildman–Crippen MR) is 81.1 cm³/mol. The van der Waals surface area contributed by atoms with Crippen LogP contribution in [0.25, 0.3) is 0 Å². The maximum atomic E-state index is 9.86. The molecule has 1 aliphatic heterocycles. The van der Waals surface area contributed by atoms with Crippen molar-refractivity contribution < 1.29 is 5.11 Å². The van der Waals surface area contributed by atoms with Gasteiger partial charge in [0.2, 0.25) is 0 Å². The maximum absolute atomic E-state index is 9.86. The van der Waals surface area contributed by atoms with Gasteiger partial charge in [0, 0.05) is 45.3 Å². The standard InChI is InChI=1S/C14H25N5O/c1-4-15-12-9-13(17-11-16-12)19-7-5-18(6-8-19)10-14(2,3)20/h9,11,20H,4-8,10H2,1-3H3,(H,15,16,17). The van der Waals surface area contributed by atoms with E-state index < -0.39 is 5.60 Å². The third-order valence-corrected chi connectivity index (χ3v) is 3.32. The summed E-state index contributed by atoms with van der Waals surface area (Å²) in [5, 5.41) is 13.1. The Kier molecular flexibility index (Phi) is 4.77. The molecule has 2 heterocycles. The van der Waals surface area contributed by atoms with Crippen molar-refractivity contribution in [2.75, 3.05) is 49.5 Å². The van der Waals surface area contributed by atoms with E-state index in [2.05, 4.69) is 32.0 Å². The predicted octanol–water partition coefficient (Wildman–Crippen LogP) is 0.801. The van der Waals surface area contributed by atoms with E-state index in [-0.39, 0.29) is 0 Å². The van der Waals surface area contributed by atoms with E-state index >= 15 is 0 Å². The number of nitrogens with one attached hydrogen (secondary N) is 1. The Morgan fingerprint density at radius 3 is 2.55 bits per heavy atom. The van der Waals surface area contributed by atoms with E-state index in [9.17, 15) is 5.11 Å². The number of rotatable bonds is 5. The first-order valence-corrected chi connectivity index (χ1v) is 7.23. The van der Waals surface area contributed by atoms with Crippen molar-refractivity contribution >= 4 is 11.6 Å². The monoisotopic (exact) mass is 279 g/mol. The van der Waals surface area contributed by atoms with Gasteiger partial charge in [-0.05, 0) is 20.8 Å². The molecule has 6 heteroatoms. The summed E-state index contributed by atoms with van der Waals surface area (Å²) in [5.74, 6) is 1.84. The second-order valence-corrected chi connectivity index (χ2v) is 5.87. The van der Waals surface area contributed by atoms with Crippen LogP contribution in [0, 0.1) is 0 Å². The molecule has 1 saturated heterocycles. The Morgan fingerprint density at radius 2 is 1.95 bits per heavy atom. The van der Waals surface area contributed by atoms with Gasteiger partial charge in [-0.3, -0.25) is 4.90 Å². The molecule has 0 unspecified atom stereocenters. The summed E-state index contributed by atoms with van der Waals surface area (Å²) in [5.41, 5.74) is -0.630. The Balaban J connectivity index is 1.92. The minimum atomic E-state index is -0.630. The summed E-state index contributed by atoms with van der Waals surface area (Å²) in [6, 6.07) is 2.00. The van der Waals surface area contributed by atoms with Crippen LogP contribution in [-0.2, 0) is 0 Å². The zero-order chi connectivity index (χ0) is 14.6. The SMILES string of the molecule is CCNc1cc(N2CCN(CC(C)(C)O)CC2)ncn1. The van der Waals surface area contributed by atoms with E-state index in [1.165, 1.54) is 0 Å².